The minimum atomic E-state index is -4.34. The van der Waals surface area contributed by atoms with E-state index in [0.29, 0.717) is 11.1 Å². The molecule has 0 fully saturated rings. The van der Waals surface area contributed by atoms with E-state index in [9.17, 15) is 18.0 Å². The Labute approximate surface area is 91.6 Å². The Morgan fingerprint density at radius 3 is 2.12 bits per heavy atom. The third-order valence-corrected chi connectivity index (χ3v) is 2.12. The van der Waals surface area contributed by atoms with Crippen molar-refractivity contribution in [2.75, 3.05) is 0 Å². The molecule has 0 saturated heterocycles. The van der Waals surface area contributed by atoms with Crippen LogP contribution in [0.3, 0.4) is 0 Å². The zero-order valence-corrected chi connectivity index (χ0v) is 8.77. The Bertz CT molecular complexity index is 401. The van der Waals surface area contributed by atoms with Crippen LogP contribution < -0.4 is 0 Å². The van der Waals surface area contributed by atoms with Crippen LogP contribution in [0.1, 0.15) is 18.1 Å². The van der Waals surface area contributed by atoms with Gasteiger partial charge < -0.3 is 0 Å². The lowest BCUT2D eigenvalue weighted by atomic mass is 10.0. The monoisotopic (exact) mass is 228 g/mol. The van der Waals surface area contributed by atoms with Crippen molar-refractivity contribution in [3.05, 3.63) is 47.5 Å². The van der Waals surface area contributed by atoms with Gasteiger partial charge in [-0.25, -0.2) is 0 Å². The summed E-state index contributed by atoms with van der Waals surface area (Å²) in [5, 5.41) is 0. The first-order chi connectivity index (χ1) is 7.30. The van der Waals surface area contributed by atoms with Crippen molar-refractivity contribution < 1.29 is 18.0 Å². The summed E-state index contributed by atoms with van der Waals surface area (Å²) < 4.78 is 36.7. The molecule has 0 aliphatic heterocycles. The molecule has 0 aliphatic carbocycles. The van der Waals surface area contributed by atoms with Crippen LogP contribution in [0, 0.1) is 0 Å². The Kier molecular flexibility index (Phi) is 3.52. The zero-order valence-electron chi connectivity index (χ0n) is 8.77. The topological polar surface area (TPSA) is 17.1 Å². The fraction of sp³-hybridized carbons (Fsp3) is 0.250. The van der Waals surface area contributed by atoms with E-state index in [1.54, 1.807) is 6.92 Å². The smallest absolute Gasteiger partial charge is 0.294 e. The van der Waals surface area contributed by atoms with Gasteiger partial charge >= 0.3 is 6.18 Å². The van der Waals surface area contributed by atoms with Crippen molar-refractivity contribution in [2.45, 2.75) is 19.5 Å². The van der Waals surface area contributed by atoms with Crippen LogP contribution in [0.15, 0.2) is 36.4 Å². The van der Waals surface area contributed by atoms with Crippen molar-refractivity contribution in [1.29, 1.82) is 0 Å². The summed E-state index contributed by atoms with van der Waals surface area (Å²) in [6.45, 7) is 5.05. The van der Waals surface area contributed by atoms with Crippen LogP contribution in [-0.2, 0) is 17.4 Å². The number of Topliss-reactive ketones (excluding diaryl/α,β-unsaturated/α-hetero) is 1. The van der Waals surface area contributed by atoms with Gasteiger partial charge in [0.05, 0.1) is 5.56 Å². The quantitative estimate of drug-likeness (QED) is 0.725. The Morgan fingerprint density at radius 2 is 1.75 bits per heavy atom. The van der Waals surface area contributed by atoms with Gasteiger partial charge in [-0.2, -0.15) is 13.2 Å². The van der Waals surface area contributed by atoms with E-state index >= 15 is 0 Å². The fourth-order valence-electron chi connectivity index (χ4n) is 1.15. The lowest BCUT2D eigenvalue weighted by Crippen LogP contribution is -2.06. The molecule has 0 unspecified atom stereocenters. The van der Waals surface area contributed by atoms with Crippen molar-refractivity contribution in [3.8, 4) is 0 Å². The normalized spacial score (nSPS) is 11.2. The standard InChI is InChI=1S/C12H11F3O/c1-8(2)11(16)7-9-3-5-10(6-4-9)12(13,14)15/h3-6H,1,7H2,2H3. The first kappa shape index (κ1) is 12.5. The molecule has 1 aromatic carbocycles. The predicted octanol–water partition coefficient (Wildman–Crippen LogP) is 3.39. The Morgan fingerprint density at radius 1 is 1.25 bits per heavy atom. The van der Waals surface area contributed by atoms with E-state index in [0.717, 1.165) is 12.1 Å². The summed E-state index contributed by atoms with van der Waals surface area (Å²) in [5.41, 5.74) is 0.250. The number of halogens is 3. The highest BCUT2D eigenvalue weighted by Gasteiger charge is 2.29. The maximum atomic E-state index is 12.2. The number of allylic oxidation sites excluding steroid dienone is 1. The van der Waals surface area contributed by atoms with Gasteiger partial charge in [-0.1, -0.05) is 18.7 Å². The molecular weight excluding hydrogens is 217 g/mol. The van der Waals surface area contributed by atoms with Gasteiger partial charge in [0.25, 0.3) is 0 Å². The molecule has 0 saturated carbocycles. The van der Waals surface area contributed by atoms with Crippen LogP contribution in [0.5, 0.6) is 0 Å². The van der Waals surface area contributed by atoms with Gasteiger partial charge in [0.2, 0.25) is 0 Å². The third-order valence-electron chi connectivity index (χ3n) is 2.12. The largest absolute Gasteiger partial charge is 0.416 e. The second kappa shape index (κ2) is 4.51. The number of rotatable bonds is 3. The number of benzene rings is 1. The molecule has 0 radical (unpaired) electrons. The first-order valence-corrected chi connectivity index (χ1v) is 4.65. The lowest BCUT2D eigenvalue weighted by molar-refractivity contribution is -0.137. The number of hydrogen-bond donors (Lipinski definition) is 0. The summed E-state index contributed by atoms with van der Waals surface area (Å²) in [6.07, 6.45) is -4.25. The Balaban J connectivity index is 2.80. The highest BCUT2D eigenvalue weighted by Crippen LogP contribution is 2.29. The SMILES string of the molecule is C=C(C)C(=O)Cc1ccc(C(F)(F)F)cc1. The van der Waals surface area contributed by atoms with Gasteiger partial charge in [0.1, 0.15) is 0 Å². The second-order valence-electron chi connectivity index (χ2n) is 3.57. The van der Waals surface area contributed by atoms with Crippen LogP contribution in [-0.4, -0.2) is 5.78 Å². The van der Waals surface area contributed by atoms with Gasteiger partial charge in [0.15, 0.2) is 5.78 Å². The molecule has 0 heterocycles. The van der Waals surface area contributed by atoms with Crippen LogP contribution in [0.4, 0.5) is 13.2 Å². The maximum absolute atomic E-state index is 12.2. The molecule has 0 atom stereocenters. The molecule has 0 amide bonds. The third kappa shape index (κ3) is 3.22. The minimum absolute atomic E-state index is 0.0907. The second-order valence-corrected chi connectivity index (χ2v) is 3.57. The predicted molar refractivity (Wildman–Crippen MR) is 55.0 cm³/mol. The van der Waals surface area contributed by atoms with Crippen molar-refractivity contribution in [3.63, 3.8) is 0 Å². The fourth-order valence-corrected chi connectivity index (χ4v) is 1.15. The minimum Gasteiger partial charge on any atom is -0.294 e. The van der Waals surface area contributed by atoms with Crippen LogP contribution >= 0.6 is 0 Å². The molecule has 0 spiro atoms. The molecule has 0 aliphatic rings. The summed E-state index contributed by atoms with van der Waals surface area (Å²) in [7, 11) is 0. The van der Waals surface area contributed by atoms with Gasteiger partial charge in [-0.3, -0.25) is 4.79 Å². The van der Waals surface area contributed by atoms with E-state index in [1.807, 2.05) is 0 Å². The number of ketones is 1. The molecule has 1 aromatic rings. The van der Waals surface area contributed by atoms with E-state index in [4.69, 9.17) is 0 Å². The zero-order chi connectivity index (χ0) is 12.3. The lowest BCUT2D eigenvalue weighted by Gasteiger charge is -2.07. The molecule has 0 aromatic heterocycles. The molecule has 4 heteroatoms. The number of carbonyl (C=O) groups is 1. The number of alkyl halides is 3. The maximum Gasteiger partial charge on any atom is 0.416 e. The van der Waals surface area contributed by atoms with E-state index in [1.165, 1.54) is 12.1 Å². The Hall–Kier alpha value is -1.58. The summed E-state index contributed by atoms with van der Waals surface area (Å²) in [4.78, 5) is 11.3. The van der Waals surface area contributed by atoms with E-state index in [-0.39, 0.29) is 12.2 Å². The van der Waals surface area contributed by atoms with Gasteiger partial charge in [0, 0.05) is 6.42 Å². The number of hydrogen-bond acceptors (Lipinski definition) is 1. The number of carbonyl (C=O) groups excluding carboxylic acids is 1. The molecule has 1 rings (SSSR count). The van der Waals surface area contributed by atoms with Crippen LogP contribution in [0.2, 0.25) is 0 Å². The molecule has 1 nitrogen and oxygen atoms in total. The molecule has 0 bridgehead atoms. The van der Waals surface area contributed by atoms with Crippen molar-refractivity contribution in [1.82, 2.24) is 0 Å². The summed E-state index contributed by atoms with van der Waals surface area (Å²) >= 11 is 0. The average Bonchev–Trinajstić information content (AvgIpc) is 2.17. The highest BCUT2D eigenvalue weighted by molar-refractivity contribution is 5.95. The first-order valence-electron chi connectivity index (χ1n) is 4.65. The van der Waals surface area contributed by atoms with Crippen LogP contribution in [0.25, 0.3) is 0 Å². The van der Waals surface area contributed by atoms with Crippen molar-refractivity contribution in [2.24, 2.45) is 0 Å². The van der Waals surface area contributed by atoms with E-state index in [2.05, 4.69) is 6.58 Å². The molecule has 0 N–H and O–H groups in total. The van der Waals surface area contributed by atoms with E-state index < -0.39 is 11.7 Å². The van der Waals surface area contributed by atoms with Gasteiger partial charge in [-0.05, 0) is 30.2 Å². The molecule has 16 heavy (non-hydrogen) atoms. The molecule has 86 valence electrons. The van der Waals surface area contributed by atoms with Gasteiger partial charge in [-0.15, -0.1) is 0 Å². The average molecular weight is 228 g/mol. The van der Waals surface area contributed by atoms with Crippen molar-refractivity contribution >= 4 is 5.78 Å². The summed E-state index contributed by atoms with van der Waals surface area (Å²) in [5.74, 6) is -0.167. The highest BCUT2D eigenvalue weighted by atomic mass is 19.4. The summed E-state index contributed by atoms with van der Waals surface area (Å²) in [6, 6.07) is 4.56. The molecular formula is C12H11F3O.